The molecule has 2 aromatic rings. The van der Waals surface area contributed by atoms with Gasteiger partial charge < -0.3 is 9.64 Å². The van der Waals surface area contributed by atoms with Crippen molar-refractivity contribution in [1.29, 1.82) is 0 Å². The molecular weight excluding hydrogens is 344 g/mol. The van der Waals surface area contributed by atoms with Gasteiger partial charge in [-0.15, -0.1) is 0 Å². The van der Waals surface area contributed by atoms with Crippen LogP contribution >= 0.6 is 0 Å². The van der Waals surface area contributed by atoms with E-state index in [0.29, 0.717) is 6.42 Å². The number of carbonyl (C=O) groups excluding carboxylic acids is 3. The Morgan fingerprint density at radius 3 is 2.59 bits per heavy atom. The molecule has 27 heavy (non-hydrogen) atoms. The Labute approximate surface area is 158 Å². The first-order chi connectivity index (χ1) is 13.0. The van der Waals surface area contributed by atoms with Crippen LogP contribution in [0.2, 0.25) is 0 Å². The van der Waals surface area contributed by atoms with Crippen molar-refractivity contribution >= 4 is 23.6 Å². The molecule has 1 saturated heterocycles. The van der Waals surface area contributed by atoms with Crippen molar-refractivity contribution in [3.05, 3.63) is 65.7 Å². The fourth-order valence-corrected chi connectivity index (χ4v) is 3.12. The summed E-state index contributed by atoms with van der Waals surface area (Å²) in [5.74, 6) is -0.688. The van der Waals surface area contributed by atoms with E-state index in [2.05, 4.69) is 0 Å². The molecule has 6 nitrogen and oxygen atoms in total. The number of likely N-dealkylation sites (N-methyl/N-ethyl adjacent to an activating group) is 1. The summed E-state index contributed by atoms with van der Waals surface area (Å²) < 4.78 is 5.26. The van der Waals surface area contributed by atoms with E-state index in [1.54, 1.807) is 7.05 Å². The van der Waals surface area contributed by atoms with E-state index in [1.807, 2.05) is 61.5 Å². The second kappa shape index (κ2) is 8.03. The minimum absolute atomic E-state index is 0.0537. The zero-order valence-electron chi connectivity index (χ0n) is 15.4. The van der Waals surface area contributed by atoms with Crippen molar-refractivity contribution in [3.8, 4) is 0 Å². The van der Waals surface area contributed by atoms with Crippen LogP contribution in [0.1, 0.15) is 24.0 Å². The first kappa shape index (κ1) is 18.6. The summed E-state index contributed by atoms with van der Waals surface area (Å²) in [5, 5.41) is 0. The lowest BCUT2D eigenvalue weighted by atomic mass is 10.1. The van der Waals surface area contributed by atoms with Crippen LogP contribution in [0.15, 0.2) is 54.6 Å². The van der Waals surface area contributed by atoms with Gasteiger partial charge in [0.05, 0.1) is 0 Å². The van der Waals surface area contributed by atoms with Crippen LogP contribution in [0, 0.1) is 6.92 Å². The third-order valence-corrected chi connectivity index (χ3v) is 4.62. The van der Waals surface area contributed by atoms with Crippen LogP contribution in [0.4, 0.5) is 10.5 Å². The molecule has 0 aliphatic carbocycles. The fourth-order valence-electron chi connectivity index (χ4n) is 3.12. The van der Waals surface area contributed by atoms with Crippen molar-refractivity contribution in [2.24, 2.45) is 0 Å². The van der Waals surface area contributed by atoms with Gasteiger partial charge in [0, 0.05) is 19.2 Å². The maximum absolute atomic E-state index is 12.9. The minimum atomic E-state index is -0.841. The first-order valence-electron chi connectivity index (χ1n) is 8.84. The van der Waals surface area contributed by atoms with Gasteiger partial charge in [-0.05, 0) is 36.6 Å². The predicted octanol–water partition coefficient (Wildman–Crippen LogP) is 3.29. The molecule has 140 valence electrons. The van der Waals surface area contributed by atoms with Gasteiger partial charge in [-0.3, -0.25) is 9.59 Å². The molecule has 1 fully saturated rings. The second-order valence-corrected chi connectivity index (χ2v) is 6.59. The molecular formula is C21H22N2O4. The van der Waals surface area contributed by atoms with Crippen LogP contribution < -0.4 is 4.90 Å². The van der Waals surface area contributed by atoms with Crippen molar-refractivity contribution < 1.29 is 19.1 Å². The molecule has 0 bridgehead atoms. The fraction of sp³-hybridized carbons (Fsp3) is 0.286. The number of carbonyl (C=O) groups is 3. The van der Waals surface area contributed by atoms with Crippen molar-refractivity contribution in [2.45, 2.75) is 32.4 Å². The standard InChI is InChI=1S/C21H22N2O4/c1-15-7-6-10-17(13-15)22(2)20(25)18-11-12-19(24)23(18)21(26)27-14-16-8-4-3-5-9-16/h3-10,13,18H,11-12,14H2,1-2H3/t18-/m0/s1. The zero-order valence-corrected chi connectivity index (χ0v) is 15.4. The lowest BCUT2D eigenvalue weighted by molar-refractivity contribution is -0.132. The van der Waals surface area contributed by atoms with Gasteiger partial charge in [-0.25, -0.2) is 9.69 Å². The van der Waals surface area contributed by atoms with Gasteiger partial charge in [-0.2, -0.15) is 0 Å². The smallest absolute Gasteiger partial charge is 0.417 e. The summed E-state index contributed by atoms with van der Waals surface area (Å²) in [6.45, 7) is 1.99. The summed E-state index contributed by atoms with van der Waals surface area (Å²) in [6, 6.07) is 15.9. The first-order valence-corrected chi connectivity index (χ1v) is 8.84. The number of imide groups is 1. The number of anilines is 1. The molecule has 0 unspecified atom stereocenters. The molecule has 0 saturated carbocycles. The highest BCUT2D eigenvalue weighted by atomic mass is 16.6. The quantitative estimate of drug-likeness (QED) is 0.833. The zero-order chi connectivity index (χ0) is 19.4. The van der Waals surface area contributed by atoms with Crippen LogP contribution in [0.25, 0.3) is 0 Å². The summed E-state index contributed by atoms with van der Waals surface area (Å²) in [6.07, 6.45) is -0.329. The Balaban J connectivity index is 1.71. The molecule has 1 atom stereocenters. The Hall–Kier alpha value is -3.15. The van der Waals surface area contributed by atoms with Crippen LogP contribution in [0.5, 0.6) is 0 Å². The molecule has 1 aliphatic rings. The van der Waals surface area contributed by atoms with E-state index in [9.17, 15) is 14.4 Å². The van der Waals surface area contributed by atoms with Gasteiger partial charge in [0.25, 0.3) is 0 Å². The van der Waals surface area contributed by atoms with E-state index in [4.69, 9.17) is 4.74 Å². The Kier molecular flexibility index (Phi) is 5.54. The van der Waals surface area contributed by atoms with Crippen LogP contribution in [-0.4, -0.2) is 35.9 Å². The van der Waals surface area contributed by atoms with Crippen molar-refractivity contribution in [3.63, 3.8) is 0 Å². The van der Waals surface area contributed by atoms with E-state index in [-0.39, 0.29) is 24.8 Å². The second-order valence-electron chi connectivity index (χ2n) is 6.59. The number of likely N-dealkylation sites (tertiary alicyclic amines) is 1. The lowest BCUT2D eigenvalue weighted by Gasteiger charge is -2.26. The average molecular weight is 366 g/mol. The average Bonchev–Trinajstić information content (AvgIpc) is 3.07. The molecule has 0 spiro atoms. The Morgan fingerprint density at radius 1 is 1.15 bits per heavy atom. The van der Waals surface area contributed by atoms with Crippen molar-refractivity contribution in [2.75, 3.05) is 11.9 Å². The number of aryl methyl sites for hydroxylation is 1. The van der Waals surface area contributed by atoms with Gasteiger partial charge in [0.15, 0.2) is 0 Å². The van der Waals surface area contributed by atoms with Crippen molar-refractivity contribution in [1.82, 2.24) is 4.90 Å². The topological polar surface area (TPSA) is 66.9 Å². The van der Waals surface area contributed by atoms with Gasteiger partial charge in [0.1, 0.15) is 12.6 Å². The summed E-state index contributed by atoms with van der Waals surface area (Å²) in [7, 11) is 1.65. The lowest BCUT2D eigenvalue weighted by Crippen LogP contribution is -2.48. The van der Waals surface area contributed by atoms with Crippen LogP contribution in [-0.2, 0) is 20.9 Å². The number of hydrogen-bond acceptors (Lipinski definition) is 4. The van der Waals surface area contributed by atoms with E-state index >= 15 is 0 Å². The summed E-state index contributed by atoms with van der Waals surface area (Å²) >= 11 is 0. The number of amides is 3. The third kappa shape index (κ3) is 4.16. The number of ether oxygens (including phenoxy) is 1. The highest BCUT2D eigenvalue weighted by Crippen LogP contribution is 2.24. The number of rotatable bonds is 4. The van der Waals surface area contributed by atoms with E-state index < -0.39 is 12.1 Å². The molecule has 1 heterocycles. The molecule has 2 aromatic carbocycles. The largest absolute Gasteiger partial charge is 0.444 e. The highest BCUT2D eigenvalue weighted by Gasteiger charge is 2.42. The van der Waals surface area contributed by atoms with E-state index in [0.717, 1.165) is 21.7 Å². The van der Waals surface area contributed by atoms with Gasteiger partial charge in [-0.1, -0.05) is 42.5 Å². The number of nitrogens with zero attached hydrogens (tertiary/aromatic N) is 2. The Bertz CT molecular complexity index is 850. The summed E-state index contributed by atoms with van der Waals surface area (Å²) in [5.41, 5.74) is 2.56. The molecule has 0 N–H and O–H groups in total. The SMILES string of the molecule is Cc1cccc(N(C)C(=O)[C@@H]2CCC(=O)N2C(=O)OCc2ccccc2)c1. The monoisotopic (exact) mass is 366 g/mol. The predicted molar refractivity (Wildman–Crippen MR) is 101 cm³/mol. The van der Waals surface area contributed by atoms with Crippen LogP contribution in [0.3, 0.4) is 0 Å². The molecule has 0 radical (unpaired) electrons. The molecule has 3 rings (SSSR count). The maximum atomic E-state index is 12.9. The third-order valence-electron chi connectivity index (χ3n) is 4.62. The molecule has 0 aromatic heterocycles. The summed E-state index contributed by atoms with van der Waals surface area (Å²) in [4.78, 5) is 40.0. The Morgan fingerprint density at radius 2 is 1.89 bits per heavy atom. The normalized spacial score (nSPS) is 16.3. The highest BCUT2D eigenvalue weighted by molar-refractivity contribution is 6.05. The minimum Gasteiger partial charge on any atom is -0.444 e. The van der Waals surface area contributed by atoms with Gasteiger partial charge in [0.2, 0.25) is 11.8 Å². The molecule has 3 amide bonds. The number of benzene rings is 2. The molecule has 1 aliphatic heterocycles. The number of hydrogen-bond donors (Lipinski definition) is 0. The van der Waals surface area contributed by atoms with E-state index in [1.165, 1.54) is 4.90 Å². The maximum Gasteiger partial charge on any atom is 0.417 e. The van der Waals surface area contributed by atoms with Gasteiger partial charge >= 0.3 is 6.09 Å². The molecule has 6 heteroatoms.